The van der Waals surface area contributed by atoms with E-state index in [-0.39, 0.29) is 11.8 Å². The third kappa shape index (κ3) is 2.58. The minimum absolute atomic E-state index is 0.0895. The van der Waals surface area contributed by atoms with Crippen LogP contribution in [0.1, 0.15) is 24.1 Å². The van der Waals surface area contributed by atoms with Gasteiger partial charge in [0.1, 0.15) is 5.82 Å². The van der Waals surface area contributed by atoms with E-state index in [1.165, 1.54) is 22.5 Å². The Morgan fingerprint density at radius 2 is 1.96 bits per heavy atom. The third-order valence-corrected chi connectivity index (χ3v) is 5.01. The van der Waals surface area contributed by atoms with Gasteiger partial charge in [0, 0.05) is 35.9 Å². The Kier molecular flexibility index (Phi) is 3.41. The van der Waals surface area contributed by atoms with E-state index in [0.29, 0.717) is 5.82 Å². The zero-order valence-electron chi connectivity index (χ0n) is 14.3. The Labute approximate surface area is 141 Å². The number of carbonyl (C=O) groups is 1. The number of hydrogen-bond acceptors (Lipinski definition) is 2. The van der Waals surface area contributed by atoms with Gasteiger partial charge in [-0.25, -0.2) is 4.98 Å². The number of anilines is 1. The first kappa shape index (κ1) is 14.9. The molecule has 1 aliphatic rings. The zero-order chi connectivity index (χ0) is 16.8. The number of benzene rings is 1. The molecule has 24 heavy (non-hydrogen) atoms. The first-order valence-electron chi connectivity index (χ1n) is 8.37. The van der Waals surface area contributed by atoms with Crippen molar-refractivity contribution in [2.45, 2.75) is 26.7 Å². The predicted molar refractivity (Wildman–Crippen MR) is 97.0 cm³/mol. The number of rotatable bonds is 3. The van der Waals surface area contributed by atoms with Crippen LogP contribution in [0.5, 0.6) is 0 Å². The molecule has 4 rings (SSSR count). The second-order valence-electron chi connectivity index (χ2n) is 6.75. The number of fused-ring (bicyclic) bond motifs is 1. The number of amides is 1. The van der Waals surface area contributed by atoms with Crippen LogP contribution in [0.2, 0.25) is 0 Å². The van der Waals surface area contributed by atoms with Crippen molar-refractivity contribution < 1.29 is 4.79 Å². The Morgan fingerprint density at radius 1 is 1.17 bits per heavy atom. The fraction of sp³-hybridized carbons (Fsp3) is 0.300. The lowest BCUT2D eigenvalue weighted by Gasteiger charge is -2.08. The highest BCUT2D eigenvalue weighted by Crippen LogP contribution is 2.31. The van der Waals surface area contributed by atoms with Crippen molar-refractivity contribution in [3.05, 3.63) is 47.8 Å². The van der Waals surface area contributed by atoms with Crippen LogP contribution in [0, 0.1) is 19.8 Å². The molecular formula is C20H21N3O. The van der Waals surface area contributed by atoms with Crippen LogP contribution in [0.15, 0.2) is 36.5 Å². The summed E-state index contributed by atoms with van der Waals surface area (Å²) in [5.74, 6) is 0.908. The molecule has 0 radical (unpaired) electrons. The quantitative estimate of drug-likeness (QED) is 0.786. The monoisotopic (exact) mass is 319 g/mol. The van der Waals surface area contributed by atoms with E-state index in [2.05, 4.69) is 60.0 Å². The predicted octanol–water partition coefficient (Wildman–Crippen LogP) is 4.21. The maximum Gasteiger partial charge on any atom is 0.228 e. The van der Waals surface area contributed by atoms with Crippen LogP contribution < -0.4 is 5.32 Å². The van der Waals surface area contributed by atoms with Crippen LogP contribution >= 0.6 is 0 Å². The fourth-order valence-corrected chi connectivity index (χ4v) is 3.07. The summed E-state index contributed by atoms with van der Waals surface area (Å²) < 4.78 is 2.22. The average Bonchev–Trinajstić information content (AvgIpc) is 3.39. The standard InChI is InChI=1S/C20H21N3O/c1-12-8-18(23(3)13(12)2)15-6-7-16-11-21-19(10-17(16)9-15)22-20(24)14-4-5-14/h6-11,14H,4-5H2,1-3H3,(H,21,22,24). The molecule has 1 aliphatic carbocycles. The van der Waals surface area contributed by atoms with Crippen molar-refractivity contribution >= 4 is 22.5 Å². The number of carbonyl (C=O) groups excluding carboxylic acids is 1. The largest absolute Gasteiger partial charge is 0.348 e. The maximum atomic E-state index is 11.9. The molecule has 1 amide bonds. The number of aryl methyl sites for hydroxylation is 1. The lowest BCUT2D eigenvalue weighted by atomic mass is 10.1. The van der Waals surface area contributed by atoms with Crippen molar-refractivity contribution in [2.75, 3.05) is 5.32 Å². The number of hydrogen-bond donors (Lipinski definition) is 1. The van der Waals surface area contributed by atoms with E-state index < -0.39 is 0 Å². The molecular weight excluding hydrogens is 298 g/mol. The number of aromatic nitrogens is 2. The topological polar surface area (TPSA) is 46.9 Å². The van der Waals surface area contributed by atoms with Gasteiger partial charge in [-0.1, -0.05) is 12.1 Å². The summed E-state index contributed by atoms with van der Waals surface area (Å²) in [6.45, 7) is 4.27. The summed E-state index contributed by atoms with van der Waals surface area (Å²) in [5.41, 5.74) is 4.94. The normalized spacial score (nSPS) is 14.1. The summed E-state index contributed by atoms with van der Waals surface area (Å²) in [7, 11) is 2.09. The molecule has 3 aromatic rings. The second-order valence-corrected chi connectivity index (χ2v) is 6.75. The highest BCUT2D eigenvalue weighted by Gasteiger charge is 2.29. The van der Waals surface area contributed by atoms with Gasteiger partial charge < -0.3 is 9.88 Å². The first-order chi connectivity index (χ1) is 11.5. The maximum absolute atomic E-state index is 11.9. The van der Waals surface area contributed by atoms with E-state index in [4.69, 9.17) is 0 Å². The lowest BCUT2D eigenvalue weighted by molar-refractivity contribution is -0.117. The smallest absolute Gasteiger partial charge is 0.228 e. The van der Waals surface area contributed by atoms with Crippen LogP contribution in [0.4, 0.5) is 5.82 Å². The van der Waals surface area contributed by atoms with Crippen molar-refractivity contribution in [1.29, 1.82) is 0 Å². The highest BCUT2D eigenvalue weighted by atomic mass is 16.2. The van der Waals surface area contributed by atoms with E-state index >= 15 is 0 Å². The van der Waals surface area contributed by atoms with Crippen LogP contribution in [-0.4, -0.2) is 15.5 Å². The molecule has 0 unspecified atom stereocenters. The first-order valence-corrected chi connectivity index (χ1v) is 8.37. The van der Waals surface area contributed by atoms with E-state index in [1.807, 2.05) is 12.3 Å². The van der Waals surface area contributed by atoms with Gasteiger partial charge in [-0.05, 0) is 61.4 Å². The van der Waals surface area contributed by atoms with Gasteiger partial charge in [0.15, 0.2) is 0 Å². The van der Waals surface area contributed by atoms with Crippen molar-refractivity contribution in [2.24, 2.45) is 13.0 Å². The van der Waals surface area contributed by atoms with Gasteiger partial charge in [-0.3, -0.25) is 4.79 Å². The molecule has 1 aromatic carbocycles. The molecule has 0 atom stereocenters. The van der Waals surface area contributed by atoms with Crippen molar-refractivity contribution in [3.63, 3.8) is 0 Å². The minimum Gasteiger partial charge on any atom is -0.348 e. The number of nitrogens with one attached hydrogen (secondary N) is 1. The van der Waals surface area contributed by atoms with E-state index in [0.717, 1.165) is 23.6 Å². The molecule has 4 nitrogen and oxygen atoms in total. The summed E-state index contributed by atoms with van der Waals surface area (Å²) >= 11 is 0. The Hall–Kier alpha value is -2.62. The van der Waals surface area contributed by atoms with Crippen LogP contribution in [0.25, 0.3) is 22.0 Å². The zero-order valence-corrected chi connectivity index (χ0v) is 14.3. The minimum atomic E-state index is 0.0895. The molecule has 0 saturated heterocycles. The molecule has 0 spiro atoms. The average molecular weight is 319 g/mol. The van der Waals surface area contributed by atoms with Gasteiger partial charge in [-0.15, -0.1) is 0 Å². The Morgan fingerprint density at radius 3 is 2.62 bits per heavy atom. The molecule has 2 aromatic heterocycles. The molecule has 1 N–H and O–H groups in total. The molecule has 0 aliphatic heterocycles. The Balaban J connectivity index is 1.72. The molecule has 1 fully saturated rings. The summed E-state index contributed by atoms with van der Waals surface area (Å²) in [6, 6.07) is 10.6. The fourth-order valence-electron chi connectivity index (χ4n) is 3.07. The van der Waals surface area contributed by atoms with Crippen molar-refractivity contribution in [1.82, 2.24) is 9.55 Å². The van der Waals surface area contributed by atoms with E-state index in [9.17, 15) is 4.79 Å². The van der Waals surface area contributed by atoms with Gasteiger partial charge in [0.05, 0.1) is 0 Å². The summed E-state index contributed by atoms with van der Waals surface area (Å²) in [4.78, 5) is 16.3. The van der Waals surface area contributed by atoms with Gasteiger partial charge >= 0.3 is 0 Å². The van der Waals surface area contributed by atoms with Crippen LogP contribution in [-0.2, 0) is 11.8 Å². The molecule has 0 bridgehead atoms. The second kappa shape index (κ2) is 5.48. The molecule has 122 valence electrons. The molecule has 1 saturated carbocycles. The van der Waals surface area contributed by atoms with Gasteiger partial charge in [0.2, 0.25) is 5.91 Å². The Bertz CT molecular complexity index is 951. The molecule has 2 heterocycles. The number of pyridine rings is 1. The molecule has 4 heteroatoms. The van der Waals surface area contributed by atoms with Crippen LogP contribution in [0.3, 0.4) is 0 Å². The van der Waals surface area contributed by atoms with Gasteiger partial charge in [-0.2, -0.15) is 0 Å². The number of nitrogens with zero attached hydrogens (tertiary/aromatic N) is 2. The lowest BCUT2D eigenvalue weighted by Crippen LogP contribution is -2.14. The third-order valence-electron chi connectivity index (χ3n) is 5.01. The SMILES string of the molecule is Cc1cc(-c2ccc3cnc(NC(=O)C4CC4)cc3c2)n(C)c1C. The van der Waals surface area contributed by atoms with Gasteiger partial charge in [0.25, 0.3) is 0 Å². The van der Waals surface area contributed by atoms with E-state index in [1.54, 1.807) is 0 Å². The summed E-state index contributed by atoms with van der Waals surface area (Å²) in [6.07, 6.45) is 3.81. The summed E-state index contributed by atoms with van der Waals surface area (Å²) in [5, 5.41) is 5.09. The highest BCUT2D eigenvalue weighted by molar-refractivity contribution is 5.96. The van der Waals surface area contributed by atoms with Crippen molar-refractivity contribution in [3.8, 4) is 11.3 Å².